The van der Waals surface area contributed by atoms with Gasteiger partial charge in [-0.2, -0.15) is 5.48 Å². The quantitative estimate of drug-likeness (QED) is 0.576. The molecule has 4 nitrogen and oxygen atoms in total. The third-order valence-electron chi connectivity index (χ3n) is 2.43. The Morgan fingerprint density at radius 3 is 3.06 bits per heavy atom. The number of hydroxylamine groups is 1. The molecule has 2 aromatic rings. The predicted molar refractivity (Wildman–Crippen MR) is 63.0 cm³/mol. The molecule has 0 saturated heterocycles. The largest absolute Gasteiger partial charge is 0.382 e. The zero-order valence-corrected chi connectivity index (χ0v) is 9.32. The summed E-state index contributed by atoms with van der Waals surface area (Å²) in [5.41, 5.74) is 5.27. The molecular weight excluding hydrogens is 204 g/mol. The van der Waals surface area contributed by atoms with E-state index < -0.39 is 0 Å². The Balaban J connectivity index is 1.91. The van der Waals surface area contributed by atoms with Crippen LogP contribution in [-0.2, 0) is 16.1 Å². The monoisotopic (exact) mass is 220 g/mol. The molecular formula is C12H16N2O2. The van der Waals surface area contributed by atoms with Gasteiger partial charge in [0.15, 0.2) is 0 Å². The van der Waals surface area contributed by atoms with Crippen molar-refractivity contribution in [2.75, 3.05) is 20.3 Å². The third kappa shape index (κ3) is 2.61. The zero-order valence-electron chi connectivity index (χ0n) is 9.32. The highest BCUT2D eigenvalue weighted by molar-refractivity contribution is 5.82. The molecule has 0 aliphatic carbocycles. The first kappa shape index (κ1) is 11.1. The van der Waals surface area contributed by atoms with E-state index in [1.54, 1.807) is 7.11 Å². The van der Waals surface area contributed by atoms with Crippen LogP contribution in [0.1, 0.15) is 5.56 Å². The fourth-order valence-corrected chi connectivity index (χ4v) is 1.62. The van der Waals surface area contributed by atoms with Crippen molar-refractivity contribution in [3.05, 3.63) is 36.0 Å². The van der Waals surface area contributed by atoms with Crippen LogP contribution in [0, 0.1) is 0 Å². The van der Waals surface area contributed by atoms with E-state index in [2.05, 4.69) is 28.7 Å². The maximum Gasteiger partial charge on any atom is 0.0916 e. The summed E-state index contributed by atoms with van der Waals surface area (Å²) < 4.78 is 4.88. The van der Waals surface area contributed by atoms with Crippen LogP contribution in [0.2, 0.25) is 0 Å². The van der Waals surface area contributed by atoms with Crippen LogP contribution in [0.5, 0.6) is 0 Å². The van der Waals surface area contributed by atoms with Crippen molar-refractivity contribution >= 4 is 10.9 Å². The summed E-state index contributed by atoms with van der Waals surface area (Å²) in [6.07, 6.45) is 1.94. The van der Waals surface area contributed by atoms with Crippen molar-refractivity contribution in [3.63, 3.8) is 0 Å². The maximum atomic E-state index is 5.21. The number of H-pyrrole nitrogens is 1. The molecule has 2 N–H and O–H groups in total. The molecule has 1 aromatic heterocycles. The van der Waals surface area contributed by atoms with E-state index in [0.717, 1.165) is 5.52 Å². The molecule has 0 radical (unpaired) electrons. The van der Waals surface area contributed by atoms with E-state index in [4.69, 9.17) is 9.57 Å². The Bertz CT molecular complexity index is 439. The van der Waals surface area contributed by atoms with Gasteiger partial charge in [0.1, 0.15) is 0 Å². The third-order valence-corrected chi connectivity index (χ3v) is 2.43. The van der Waals surface area contributed by atoms with Crippen molar-refractivity contribution in [1.82, 2.24) is 10.5 Å². The van der Waals surface area contributed by atoms with Gasteiger partial charge in [-0.25, -0.2) is 0 Å². The van der Waals surface area contributed by atoms with Crippen LogP contribution < -0.4 is 5.48 Å². The molecule has 2 rings (SSSR count). The van der Waals surface area contributed by atoms with Crippen LogP contribution in [0.3, 0.4) is 0 Å². The number of benzene rings is 1. The normalized spacial score (nSPS) is 11.1. The zero-order chi connectivity index (χ0) is 11.2. The Kier molecular flexibility index (Phi) is 3.93. The second-order valence-electron chi connectivity index (χ2n) is 3.52. The average molecular weight is 220 g/mol. The summed E-state index contributed by atoms with van der Waals surface area (Å²) in [4.78, 5) is 8.43. The van der Waals surface area contributed by atoms with Gasteiger partial charge in [0.05, 0.1) is 13.2 Å². The first-order chi connectivity index (χ1) is 7.92. The molecule has 0 saturated carbocycles. The lowest BCUT2D eigenvalue weighted by Crippen LogP contribution is -2.17. The SMILES string of the molecule is COCCONCc1cccc2cc[nH]c12. The molecule has 1 aromatic carbocycles. The molecule has 86 valence electrons. The molecule has 0 unspecified atom stereocenters. The van der Waals surface area contributed by atoms with E-state index in [1.807, 2.05) is 12.3 Å². The van der Waals surface area contributed by atoms with Gasteiger partial charge in [0.25, 0.3) is 0 Å². The molecule has 1 heterocycles. The predicted octanol–water partition coefficient (Wildman–Crippen LogP) is 1.84. The van der Waals surface area contributed by atoms with Gasteiger partial charge in [-0.05, 0) is 17.0 Å². The van der Waals surface area contributed by atoms with E-state index in [0.29, 0.717) is 19.8 Å². The van der Waals surface area contributed by atoms with Gasteiger partial charge >= 0.3 is 0 Å². The molecule has 0 spiro atoms. The second kappa shape index (κ2) is 5.65. The minimum absolute atomic E-state index is 0.553. The summed E-state index contributed by atoms with van der Waals surface area (Å²) in [5.74, 6) is 0. The molecule has 0 fully saturated rings. The fraction of sp³-hybridized carbons (Fsp3) is 0.333. The second-order valence-corrected chi connectivity index (χ2v) is 3.52. The Hall–Kier alpha value is -1.36. The topological polar surface area (TPSA) is 46.3 Å². The maximum absolute atomic E-state index is 5.21. The van der Waals surface area contributed by atoms with Crippen molar-refractivity contribution in [3.8, 4) is 0 Å². The van der Waals surface area contributed by atoms with Gasteiger partial charge in [-0.3, -0.25) is 4.84 Å². The number of nitrogens with one attached hydrogen (secondary N) is 2. The summed E-state index contributed by atoms with van der Waals surface area (Å²) >= 11 is 0. The molecule has 0 aliphatic heterocycles. The van der Waals surface area contributed by atoms with Gasteiger partial charge in [0, 0.05) is 25.4 Å². The molecule has 0 amide bonds. The highest BCUT2D eigenvalue weighted by atomic mass is 16.7. The molecule has 4 heteroatoms. The Morgan fingerprint density at radius 1 is 1.25 bits per heavy atom. The molecule has 16 heavy (non-hydrogen) atoms. The minimum Gasteiger partial charge on any atom is -0.382 e. The summed E-state index contributed by atoms with van der Waals surface area (Å²) in [5, 5.41) is 1.22. The van der Waals surface area contributed by atoms with E-state index in [-0.39, 0.29) is 0 Å². The van der Waals surface area contributed by atoms with Crippen LogP contribution in [-0.4, -0.2) is 25.3 Å². The number of rotatable bonds is 6. The van der Waals surface area contributed by atoms with Crippen molar-refractivity contribution in [1.29, 1.82) is 0 Å². The van der Waals surface area contributed by atoms with Crippen LogP contribution in [0.4, 0.5) is 0 Å². The standard InChI is InChI=1S/C12H16N2O2/c1-15-7-8-16-14-9-11-4-2-3-10-5-6-13-12(10)11/h2-6,13-14H,7-9H2,1H3. The lowest BCUT2D eigenvalue weighted by Gasteiger charge is -2.06. The number of para-hydroxylation sites is 1. The lowest BCUT2D eigenvalue weighted by atomic mass is 10.1. The fourth-order valence-electron chi connectivity index (χ4n) is 1.62. The molecule has 0 atom stereocenters. The summed E-state index contributed by atoms with van der Waals surface area (Å²) in [6, 6.07) is 8.26. The van der Waals surface area contributed by atoms with Gasteiger partial charge in [0.2, 0.25) is 0 Å². The minimum atomic E-state index is 0.553. The van der Waals surface area contributed by atoms with Crippen molar-refractivity contribution < 1.29 is 9.57 Å². The first-order valence-corrected chi connectivity index (χ1v) is 5.30. The van der Waals surface area contributed by atoms with Gasteiger partial charge < -0.3 is 9.72 Å². The summed E-state index contributed by atoms with van der Waals surface area (Å²) in [7, 11) is 1.66. The van der Waals surface area contributed by atoms with Crippen molar-refractivity contribution in [2.24, 2.45) is 0 Å². The molecule has 0 aliphatic rings. The molecule has 0 bridgehead atoms. The van der Waals surface area contributed by atoms with Crippen LogP contribution in [0.15, 0.2) is 30.5 Å². The first-order valence-electron chi connectivity index (χ1n) is 5.30. The van der Waals surface area contributed by atoms with E-state index in [9.17, 15) is 0 Å². The van der Waals surface area contributed by atoms with Gasteiger partial charge in [-0.1, -0.05) is 18.2 Å². The van der Waals surface area contributed by atoms with Crippen LogP contribution in [0.25, 0.3) is 10.9 Å². The number of aromatic amines is 1. The smallest absolute Gasteiger partial charge is 0.0916 e. The van der Waals surface area contributed by atoms with E-state index >= 15 is 0 Å². The van der Waals surface area contributed by atoms with Crippen molar-refractivity contribution in [2.45, 2.75) is 6.54 Å². The number of aromatic nitrogens is 1. The highest BCUT2D eigenvalue weighted by Crippen LogP contribution is 2.16. The van der Waals surface area contributed by atoms with Gasteiger partial charge in [-0.15, -0.1) is 0 Å². The Morgan fingerprint density at radius 2 is 2.19 bits per heavy atom. The number of ether oxygens (including phenoxy) is 1. The summed E-state index contributed by atoms with van der Waals surface area (Å²) in [6.45, 7) is 1.83. The number of methoxy groups -OCH3 is 1. The number of fused-ring (bicyclic) bond motifs is 1. The lowest BCUT2D eigenvalue weighted by molar-refractivity contribution is 0.00361. The highest BCUT2D eigenvalue weighted by Gasteiger charge is 2.00. The van der Waals surface area contributed by atoms with Crippen LogP contribution >= 0.6 is 0 Å². The van der Waals surface area contributed by atoms with E-state index in [1.165, 1.54) is 10.9 Å². The number of hydrogen-bond donors (Lipinski definition) is 2. The average Bonchev–Trinajstić information content (AvgIpc) is 2.77. The Labute approximate surface area is 94.5 Å². The number of hydrogen-bond acceptors (Lipinski definition) is 3.